The number of benzene rings is 1. The molecule has 2 heterocycles. The van der Waals surface area contributed by atoms with Crippen LogP contribution in [-0.2, 0) is 11.3 Å². The van der Waals surface area contributed by atoms with Crippen LogP contribution in [0.2, 0.25) is 5.02 Å². The molecule has 0 unspecified atom stereocenters. The zero-order valence-electron chi connectivity index (χ0n) is 16.1. The molecule has 0 amide bonds. The minimum Gasteiger partial charge on any atom is -0.365 e. The third kappa shape index (κ3) is 6.74. The van der Waals surface area contributed by atoms with Gasteiger partial charge < -0.3 is 9.64 Å². The fraction of sp³-hybridized carbons (Fsp3) is 0.619. The summed E-state index contributed by atoms with van der Waals surface area (Å²) < 4.78 is 19.1. The van der Waals surface area contributed by atoms with Crippen LogP contribution in [-0.4, -0.2) is 80.3 Å². The van der Waals surface area contributed by atoms with Gasteiger partial charge in [0.05, 0.1) is 12.6 Å². The van der Waals surface area contributed by atoms with Crippen molar-refractivity contribution in [3.63, 3.8) is 0 Å². The summed E-state index contributed by atoms with van der Waals surface area (Å²) in [6.07, 6.45) is 2.28. The summed E-state index contributed by atoms with van der Waals surface area (Å²) in [5.74, 6) is 6.11. The van der Waals surface area contributed by atoms with Gasteiger partial charge in [0.15, 0.2) is 0 Å². The zero-order valence-corrected chi connectivity index (χ0v) is 16.8. The molecule has 3 rings (SSSR count). The first-order chi connectivity index (χ1) is 13.1. The first kappa shape index (κ1) is 20.6. The fourth-order valence-corrected chi connectivity index (χ4v) is 3.74. The van der Waals surface area contributed by atoms with Gasteiger partial charge in [0.25, 0.3) is 0 Å². The van der Waals surface area contributed by atoms with Gasteiger partial charge in [-0.05, 0) is 37.6 Å². The van der Waals surface area contributed by atoms with Crippen molar-refractivity contribution in [1.82, 2.24) is 14.7 Å². The summed E-state index contributed by atoms with van der Waals surface area (Å²) >= 11 is 6.13. The van der Waals surface area contributed by atoms with Crippen molar-refractivity contribution in [3.05, 3.63) is 34.6 Å². The summed E-state index contributed by atoms with van der Waals surface area (Å²) in [4.78, 5) is 7.09. The Kier molecular flexibility index (Phi) is 7.93. The van der Waals surface area contributed by atoms with Crippen molar-refractivity contribution in [3.8, 4) is 11.8 Å². The summed E-state index contributed by atoms with van der Waals surface area (Å²) in [7, 11) is 2.16. The molecule has 2 aliphatic rings. The zero-order chi connectivity index (χ0) is 19.1. The number of piperidine rings is 1. The molecule has 2 fully saturated rings. The summed E-state index contributed by atoms with van der Waals surface area (Å²) in [6, 6.07) is 4.63. The van der Waals surface area contributed by atoms with Gasteiger partial charge in [-0.3, -0.25) is 9.80 Å². The Morgan fingerprint density at radius 3 is 2.52 bits per heavy atom. The highest BCUT2D eigenvalue weighted by molar-refractivity contribution is 6.31. The highest BCUT2D eigenvalue weighted by Gasteiger charge is 2.20. The molecule has 27 heavy (non-hydrogen) atoms. The molecule has 1 aromatic rings. The van der Waals surface area contributed by atoms with Gasteiger partial charge in [-0.1, -0.05) is 29.5 Å². The maximum Gasteiger partial charge on any atom is 0.124 e. The number of piperazine rings is 1. The van der Waals surface area contributed by atoms with E-state index in [4.69, 9.17) is 16.3 Å². The second-order valence-electron chi connectivity index (χ2n) is 7.46. The molecule has 148 valence electrons. The van der Waals surface area contributed by atoms with Crippen LogP contribution in [0.25, 0.3) is 0 Å². The number of rotatable bonds is 5. The van der Waals surface area contributed by atoms with Crippen molar-refractivity contribution in [1.29, 1.82) is 0 Å². The molecule has 2 saturated heterocycles. The Labute approximate surface area is 167 Å². The van der Waals surface area contributed by atoms with E-state index in [9.17, 15) is 4.39 Å². The minimum atomic E-state index is -0.287. The molecule has 0 atom stereocenters. The molecule has 6 heteroatoms. The summed E-state index contributed by atoms with van der Waals surface area (Å²) in [5.41, 5.74) is 0.979. The van der Waals surface area contributed by atoms with E-state index < -0.39 is 0 Å². The molecule has 0 aromatic heterocycles. The molecule has 0 N–H and O–H groups in total. The number of hydrogen-bond acceptors (Lipinski definition) is 4. The first-order valence-corrected chi connectivity index (χ1v) is 10.1. The molecule has 0 spiro atoms. The second kappa shape index (κ2) is 10.4. The molecule has 1 aromatic carbocycles. The highest BCUT2D eigenvalue weighted by atomic mass is 35.5. The number of nitrogens with zero attached hydrogens (tertiary/aromatic N) is 3. The van der Waals surface area contributed by atoms with E-state index in [0.29, 0.717) is 11.6 Å². The van der Waals surface area contributed by atoms with Crippen molar-refractivity contribution in [2.24, 2.45) is 0 Å². The van der Waals surface area contributed by atoms with Gasteiger partial charge in [0.1, 0.15) is 12.4 Å². The lowest BCUT2D eigenvalue weighted by Gasteiger charge is -2.31. The molecule has 0 aliphatic carbocycles. The fourth-order valence-electron chi connectivity index (χ4n) is 3.51. The van der Waals surface area contributed by atoms with Crippen LogP contribution < -0.4 is 0 Å². The summed E-state index contributed by atoms with van der Waals surface area (Å²) in [5, 5.41) is 0.504. The SMILES string of the molecule is CN1CCN(CC#CCOC2CCN(Cc3ccc(F)cc3Cl)CC2)CC1. The van der Waals surface area contributed by atoms with Crippen LogP contribution in [0.3, 0.4) is 0 Å². The van der Waals surface area contributed by atoms with Crippen molar-refractivity contribution in [2.75, 3.05) is 59.5 Å². The Balaban J connectivity index is 1.31. The van der Waals surface area contributed by atoms with E-state index in [1.54, 1.807) is 6.07 Å². The standard InChI is InChI=1S/C21H29ClFN3O/c1-24-11-13-25(14-12-24)8-2-3-15-27-20-6-9-26(10-7-20)17-18-4-5-19(23)16-21(18)22/h4-5,16,20H,6-15,17H2,1H3. The van der Waals surface area contributed by atoms with Gasteiger partial charge in [-0.15, -0.1) is 0 Å². The predicted molar refractivity (Wildman–Crippen MR) is 107 cm³/mol. The average Bonchev–Trinajstić information content (AvgIpc) is 2.66. The molecule has 0 bridgehead atoms. The van der Waals surface area contributed by atoms with E-state index in [1.165, 1.54) is 12.1 Å². The van der Waals surface area contributed by atoms with Crippen molar-refractivity contribution < 1.29 is 9.13 Å². The number of hydrogen-bond donors (Lipinski definition) is 0. The van der Waals surface area contributed by atoms with Crippen LogP contribution in [0.5, 0.6) is 0 Å². The van der Waals surface area contributed by atoms with Crippen molar-refractivity contribution in [2.45, 2.75) is 25.5 Å². The van der Waals surface area contributed by atoms with E-state index in [2.05, 4.69) is 33.6 Å². The molecule has 4 nitrogen and oxygen atoms in total. The lowest BCUT2D eigenvalue weighted by molar-refractivity contribution is 0.0226. The van der Waals surface area contributed by atoms with E-state index in [0.717, 1.165) is 70.8 Å². The van der Waals surface area contributed by atoms with Gasteiger partial charge in [0.2, 0.25) is 0 Å². The van der Waals surface area contributed by atoms with Crippen LogP contribution in [0.4, 0.5) is 4.39 Å². The Morgan fingerprint density at radius 1 is 1.07 bits per heavy atom. The number of likely N-dealkylation sites (tertiary alicyclic amines) is 1. The Hall–Kier alpha value is -1.16. The Morgan fingerprint density at radius 2 is 1.81 bits per heavy atom. The Bertz CT molecular complexity index is 659. The molecule has 0 saturated carbocycles. The third-order valence-corrected chi connectivity index (χ3v) is 5.71. The second-order valence-corrected chi connectivity index (χ2v) is 7.86. The maximum atomic E-state index is 13.1. The normalized spacial score (nSPS) is 20.4. The van der Waals surface area contributed by atoms with Crippen LogP contribution in [0.1, 0.15) is 18.4 Å². The van der Waals surface area contributed by atoms with Crippen LogP contribution in [0, 0.1) is 17.7 Å². The quantitative estimate of drug-likeness (QED) is 0.716. The highest BCUT2D eigenvalue weighted by Crippen LogP contribution is 2.21. The molecule has 0 radical (unpaired) electrons. The number of halogens is 2. The van der Waals surface area contributed by atoms with E-state index in [-0.39, 0.29) is 11.9 Å². The van der Waals surface area contributed by atoms with Gasteiger partial charge >= 0.3 is 0 Å². The summed E-state index contributed by atoms with van der Waals surface area (Å²) in [6.45, 7) is 8.50. The lowest BCUT2D eigenvalue weighted by Crippen LogP contribution is -2.44. The topological polar surface area (TPSA) is 19.0 Å². The van der Waals surface area contributed by atoms with E-state index >= 15 is 0 Å². The van der Waals surface area contributed by atoms with Gasteiger partial charge in [0, 0.05) is 50.8 Å². The van der Waals surface area contributed by atoms with Crippen LogP contribution >= 0.6 is 11.6 Å². The van der Waals surface area contributed by atoms with Gasteiger partial charge in [-0.2, -0.15) is 0 Å². The molecular formula is C21H29ClFN3O. The van der Waals surface area contributed by atoms with Crippen LogP contribution in [0.15, 0.2) is 18.2 Å². The minimum absolute atomic E-state index is 0.280. The number of ether oxygens (including phenoxy) is 1. The first-order valence-electron chi connectivity index (χ1n) is 9.74. The van der Waals surface area contributed by atoms with E-state index in [1.807, 2.05) is 0 Å². The number of likely N-dealkylation sites (N-methyl/N-ethyl adjacent to an activating group) is 1. The van der Waals surface area contributed by atoms with Crippen molar-refractivity contribution >= 4 is 11.6 Å². The predicted octanol–water partition coefficient (Wildman–Crippen LogP) is 2.71. The van der Waals surface area contributed by atoms with Gasteiger partial charge in [-0.25, -0.2) is 4.39 Å². The molecular weight excluding hydrogens is 365 g/mol. The largest absolute Gasteiger partial charge is 0.365 e. The third-order valence-electron chi connectivity index (χ3n) is 5.36. The maximum absolute atomic E-state index is 13.1. The lowest BCUT2D eigenvalue weighted by atomic mass is 10.1. The molecule has 2 aliphatic heterocycles. The monoisotopic (exact) mass is 393 g/mol. The average molecular weight is 394 g/mol. The smallest absolute Gasteiger partial charge is 0.124 e.